The van der Waals surface area contributed by atoms with Crippen molar-refractivity contribution in [2.75, 3.05) is 13.7 Å². The average molecular weight is 422 g/mol. The molecule has 5 nitrogen and oxygen atoms in total. The van der Waals surface area contributed by atoms with Gasteiger partial charge in [-0.05, 0) is 49.2 Å². The summed E-state index contributed by atoms with van der Waals surface area (Å²) in [5.41, 5.74) is 2.34. The molecule has 0 fully saturated rings. The first kappa shape index (κ1) is 23.4. The summed E-state index contributed by atoms with van der Waals surface area (Å²) in [5.74, 6) is -0.377. The Bertz CT molecular complexity index is 847. The molecule has 0 aromatic heterocycles. The highest BCUT2D eigenvalue weighted by Crippen LogP contribution is 2.16. The molecule has 0 unspecified atom stereocenters. The molecular formula is C22H25F3N2O3. The Labute approximate surface area is 173 Å². The summed E-state index contributed by atoms with van der Waals surface area (Å²) in [6.07, 6.45) is -4.37. The van der Waals surface area contributed by atoms with Gasteiger partial charge in [0.1, 0.15) is 6.61 Å². The number of hydrogen-bond acceptors (Lipinski definition) is 3. The fourth-order valence-corrected chi connectivity index (χ4v) is 2.52. The Hall–Kier alpha value is -2.87. The second kappa shape index (κ2) is 10.2. The van der Waals surface area contributed by atoms with Gasteiger partial charge in [-0.3, -0.25) is 9.59 Å². The number of ether oxygens (including phenoxy) is 1. The van der Waals surface area contributed by atoms with Crippen molar-refractivity contribution in [3.8, 4) is 0 Å². The molecule has 0 aliphatic carbocycles. The van der Waals surface area contributed by atoms with E-state index in [4.69, 9.17) is 0 Å². The maximum absolute atomic E-state index is 12.3. The van der Waals surface area contributed by atoms with Crippen molar-refractivity contribution in [2.45, 2.75) is 39.2 Å². The van der Waals surface area contributed by atoms with Crippen LogP contribution in [0.3, 0.4) is 0 Å². The first-order valence-corrected chi connectivity index (χ1v) is 9.44. The summed E-state index contributed by atoms with van der Waals surface area (Å²) in [5, 5.41) is 2.77. The molecule has 0 bridgehead atoms. The minimum atomic E-state index is -4.37. The predicted molar refractivity (Wildman–Crippen MR) is 107 cm³/mol. The molecule has 0 aliphatic heterocycles. The molecule has 0 aliphatic rings. The van der Waals surface area contributed by atoms with Crippen molar-refractivity contribution in [3.05, 3.63) is 70.8 Å². The summed E-state index contributed by atoms with van der Waals surface area (Å²) >= 11 is 0. The second-order valence-electron chi connectivity index (χ2n) is 7.19. The molecule has 0 atom stereocenters. The number of alkyl halides is 3. The van der Waals surface area contributed by atoms with Gasteiger partial charge in [0, 0.05) is 30.8 Å². The number of carbonyl (C=O) groups excluding carboxylic acids is 2. The molecule has 2 amide bonds. The molecule has 1 N–H and O–H groups in total. The first-order valence-electron chi connectivity index (χ1n) is 9.44. The van der Waals surface area contributed by atoms with E-state index < -0.39 is 12.8 Å². The third-order valence-corrected chi connectivity index (χ3v) is 4.50. The molecule has 162 valence electrons. The van der Waals surface area contributed by atoms with Crippen LogP contribution in [-0.4, -0.2) is 42.6 Å². The lowest BCUT2D eigenvalue weighted by atomic mass is 10.1. The largest absolute Gasteiger partial charge is 0.411 e. The van der Waals surface area contributed by atoms with Crippen molar-refractivity contribution in [3.63, 3.8) is 0 Å². The number of nitrogens with zero attached hydrogens (tertiary/aromatic N) is 1. The van der Waals surface area contributed by atoms with E-state index >= 15 is 0 Å². The molecule has 2 aromatic carbocycles. The maximum Gasteiger partial charge on any atom is 0.411 e. The van der Waals surface area contributed by atoms with Gasteiger partial charge in [0.15, 0.2) is 0 Å². The Morgan fingerprint density at radius 1 is 0.967 bits per heavy atom. The molecule has 8 heteroatoms. The average Bonchev–Trinajstić information content (AvgIpc) is 2.70. The van der Waals surface area contributed by atoms with E-state index in [1.54, 1.807) is 48.3 Å². The lowest BCUT2D eigenvalue weighted by molar-refractivity contribution is -0.176. The Morgan fingerprint density at radius 3 is 2.03 bits per heavy atom. The smallest absolute Gasteiger partial charge is 0.367 e. The van der Waals surface area contributed by atoms with Crippen molar-refractivity contribution in [1.29, 1.82) is 0 Å². The number of amides is 2. The molecule has 0 heterocycles. The van der Waals surface area contributed by atoms with E-state index in [0.717, 1.165) is 5.56 Å². The highest BCUT2D eigenvalue weighted by atomic mass is 19.4. The van der Waals surface area contributed by atoms with Crippen molar-refractivity contribution >= 4 is 11.8 Å². The van der Waals surface area contributed by atoms with Crippen LogP contribution in [0.2, 0.25) is 0 Å². The summed E-state index contributed by atoms with van der Waals surface area (Å²) in [6, 6.07) is 13.3. The standard InChI is InChI=1S/C22H25F3N2O3/c1-15(2)27(3)21(29)19-10-4-16(5-11-19)12-26-20(28)18-8-6-17(7-9-18)13-30-14-22(23,24)25/h4-11,15H,12-14H2,1-3H3,(H,26,28). The molecule has 2 aromatic rings. The van der Waals surface area contributed by atoms with E-state index in [9.17, 15) is 22.8 Å². The molecule has 2 rings (SSSR count). The summed E-state index contributed by atoms with van der Waals surface area (Å²) in [4.78, 5) is 26.2. The Kier molecular flexibility index (Phi) is 8.00. The zero-order chi connectivity index (χ0) is 22.3. The number of benzene rings is 2. The number of hydrogen-bond donors (Lipinski definition) is 1. The third kappa shape index (κ3) is 7.18. The van der Waals surface area contributed by atoms with Gasteiger partial charge >= 0.3 is 6.18 Å². The minimum Gasteiger partial charge on any atom is -0.367 e. The summed E-state index contributed by atoms with van der Waals surface area (Å²) in [6.45, 7) is 2.66. The molecule has 30 heavy (non-hydrogen) atoms. The van der Waals surface area contributed by atoms with E-state index in [2.05, 4.69) is 10.1 Å². The quantitative estimate of drug-likeness (QED) is 0.695. The van der Waals surface area contributed by atoms with Crippen LogP contribution >= 0.6 is 0 Å². The van der Waals surface area contributed by atoms with Gasteiger partial charge < -0.3 is 15.0 Å². The lowest BCUT2D eigenvalue weighted by Gasteiger charge is -2.21. The van der Waals surface area contributed by atoms with Crippen molar-refractivity contribution in [1.82, 2.24) is 10.2 Å². The summed E-state index contributed by atoms with van der Waals surface area (Å²) in [7, 11) is 1.74. The van der Waals surface area contributed by atoms with Crippen LogP contribution in [0.25, 0.3) is 0 Å². The van der Waals surface area contributed by atoms with Crippen LogP contribution < -0.4 is 5.32 Å². The zero-order valence-corrected chi connectivity index (χ0v) is 17.1. The van der Waals surface area contributed by atoms with Gasteiger partial charge in [-0.15, -0.1) is 0 Å². The minimum absolute atomic E-state index is 0.0695. The van der Waals surface area contributed by atoms with Gasteiger partial charge in [0.2, 0.25) is 0 Å². The number of halogens is 3. The van der Waals surface area contributed by atoms with Gasteiger partial charge in [0.25, 0.3) is 11.8 Å². The molecule has 0 saturated heterocycles. The monoisotopic (exact) mass is 422 g/mol. The number of carbonyl (C=O) groups is 2. The highest BCUT2D eigenvalue weighted by Gasteiger charge is 2.27. The first-order chi connectivity index (χ1) is 14.1. The van der Waals surface area contributed by atoms with Crippen LogP contribution in [0.1, 0.15) is 45.7 Å². The number of nitrogens with one attached hydrogen (secondary N) is 1. The molecule has 0 saturated carbocycles. The predicted octanol–water partition coefficient (Wildman–Crippen LogP) is 4.18. The van der Waals surface area contributed by atoms with E-state index in [0.29, 0.717) is 16.7 Å². The Morgan fingerprint density at radius 2 is 1.50 bits per heavy atom. The van der Waals surface area contributed by atoms with Crippen LogP contribution in [0.5, 0.6) is 0 Å². The second-order valence-corrected chi connectivity index (χ2v) is 7.19. The van der Waals surface area contributed by atoms with Crippen LogP contribution in [0.4, 0.5) is 13.2 Å². The molecule has 0 spiro atoms. The van der Waals surface area contributed by atoms with Crippen LogP contribution in [0.15, 0.2) is 48.5 Å². The van der Waals surface area contributed by atoms with Crippen LogP contribution in [0, 0.1) is 0 Å². The molecular weight excluding hydrogens is 397 g/mol. The lowest BCUT2D eigenvalue weighted by Crippen LogP contribution is -2.32. The van der Waals surface area contributed by atoms with Gasteiger partial charge in [0.05, 0.1) is 6.61 Å². The van der Waals surface area contributed by atoms with E-state index in [1.165, 1.54) is 12.1 Å². The van der Waals surface area contributed by atoms with E-state index in [-0.39, 0.29) is 31.0 Å². The zero-order valence-electron chi connectivity index (χ0n) is 17.1. The fourth-order valence-electron chi connectivity index (χ4n) is 2.52. The van der Waals surface area contributed by atoms with Crippen molar-refractivity contribution in [2.24, 2.45) is 0 Å². The third-order valence-electron chi connectivity index (χ3n) is 4.50. The van der Waals surface area contributed by atoms with Crippen molar-refractivity contribution < 1.29 is 27.5 Å². The van der Waals surface area contributed by atoms with Crippen LogP contribution in [-0.2, 0) is 17.9 Å². The Balaban J connectivity index is 1.86. The van der Waals surface area contributed by atoms with E-state index in [1.807, 2.05) is 13.8 Å². The van der Waals surface area contributed by atoms with Gasteiger partial charge in [-0.25, -0.2) is 0 Å². The van der Waals surface area contributed by atoms with Gasteiger partial charge in [-0.2, -0.15) is 13.2 Å². The normalized spacial score (nSPS) is 11.4. The highest BCUT2D eigenvalue weighted by molar-refractivity contribution is 5.95. The number of rotatable bonds is 8. The fraction of sp³-hybridized carbons (Fsp3) is 0.364. The van der Waals surface area contributed by atoms with Gasteiger partial charge in [-0.1, -0.05) is 24.3 Å². The maximum atomic E-state index is 12.3. The topological polar surface area (TPSA) is 58.6 Å². The SMILES string of the molecule is CC(C)N(C)C(=O)c1ccc(CNC(=O)c2ccc(COCC(F)(F)F)cc2)cc1. The molecule has 0 radical (unpaired) electrons. The summed E-state index contributed by atoms with van der Waals surface area (Å²) < 4.78 is 40.8.